The molecule has 1 aliphatic carbocycles. The molecule has 9 nitrogen and oxygen atoms in total. The van der Waals surface area contributed by atoms with Crippen LogP contribution in [0, 0.1) is 44.4 Å². The second kappa shape index (κ2) is 18.5. The van der Waals surface area contributed by atoms with E-state index < -0.39 is 11.9 Å². The third-order valence-corrected chi connectivity index (χ3v) is 12.2. The maximum atomic E-state index is 14.3. The molecule has 0 spiro atoms. The summed E-state index contributed by atoms with van der Waals surface area (Å²) in [5, 5.41) is 5.25. The first kappa shape index (κ1) is 43.8. The molecule has 57 heavy (non-hydrogen) atoms. The van der Waals surface area contributed by atoms with E-state index in [-0.39, 0.29) is 59.7 Å². The van der Waals surface area contributed by atoms with Crippen LogP contribution in [-0.2, 0) is 25.5 Å². The Kier molecular flexibility index (Phi) is 14.3. The Balaban J connectivity index is 0.00000620. The number of nitrogens with zero attached hydrogens (tertiary/aromatic N) is 3. The van der Waals surface area contributed by atoms with Crippen molar-refractivity contribution in [3.05, 3.63) is 96.5 Å². The van der Waals surface area contributed by atoms with Crippen LogP contribution >= 0.6 is 0 Å². The van der Waals surface area contributed by atoms with Crippen molar-refractivity contribution in [2.75, 3.05) is 13.7 Å². The summed E-state index contributed by atoms with van der Waals surface area (Å²) >= 11 is 0. The van der Waals surface area contributed by atoms with Crippen molar-refractivity contribution in [2.24, 2.45) is 23.7 Å². The van der Waals surface area contributed by atoms with Crippen molar-refractivity contribution in [1.29, 1.82) is 0 Å². The topological polar surface area (TPSA) is 124 Å². The van der Waals surface area contributed by atoms with Gasteiger partial charge in [0.2, 0.25) is 0 Å². The number of allylic oxidation sites excluding steroid dienone is 3. The van der Waals surface area contributed by atoms with Gasteiger partial charge in [-0.1, -0.05) is 106 Å². The number of ether oxygens (including phenoxy) is 2. The van der Waals surface area contributed by atoms with Gasteiger partial charge in [0.05, 0.1) is 7.11 Å². The van der Waals surface area contributed by atoms with E-state index >= 15 is 0 Å². The summed E-state index contributed by atoms with van der Waals surface area (Å²) in [5.41, 5.74) is 11.1. The first-order valence-electron chi connectivity index (χ1n) is 20.3. The summed E-state index contributed by atoms with van der Waals surface area (Å²) < 4.78 is 11.0. The number of carbonyl (C=O) groups excluding carboxylic acids is 3. The fourth-order valence-electron chi connectivity index (χ4n) is 8.84. The van der Waals surface area contributed by atoms with Crippen LogP contribution in [0.25, 0.3) is 29.9 Å². The molecular formula is C47H57MgN4O5-. The summed E-state index contributed by atoms with van der Waals surface area (Å²) in [6.45, 7) is 21.2. The quantitative estimate of drug-likeness (QED) is 0.0819. The van der Waals surface area contributed by atoms with Gasteiger partial charge < -0.3 is 29.7 Å². The van der Waals surface area contributed by atoms with Crippen LogP contribution in [0.5, 0.6) is 0 Å². The molecule has 3 aromatic rings. The largest absolute Gasteiger partial charge is 2.00 e. The number of esters is 2. The summed E-state index contributed by atoms with van der Waals surface area (Å²) in [6, 6.07) is 0. The molecule has 1 fully saturated rings. The summed E-state index contributed by atoms with van der Waals surface area (Å²) in [6.07, 6.45) is 17.0. The molecule has 0 saturated carbocycles. The Bertz CT molecular complexity index is 2280. The predicted molar refractivity (Wildman–Crippen MR) is 228 cm³/mol. The molecule has 0 radical (unpaired) electrons. The van der Waals surface area contributed by atoms with Crippen LogP contribution < -0.4 is 31.0 Å². The Morgan fingerprint density at radius 2 is 1.68 bits per heavy atom. The third-order valence-electron chi connectivity index (χ3n) is 12.2. The van der Waals surface area contributed by atoms with Gasteiger partial charge in [-0.3, -0.25) is 14.4 Å². The number of fused-ring (bicyclic) bond motifs is 7. The van der Waals surface area contributed by atoms with E-state index in [1.165, 1.54) is 31.9 Å². The maximum absolute atomic E-state index is 14.3. The van der Waals surface area contributed by atoms with Crippen molar-refractivity contribution in [1.82, 2.24) is 20.3 Å². The SMILES string of the molecule is C=Cc1c2[n-]c(c1C)/C=C1\N/C(=C3\c4[n-]c(c(C)c4C(=O)[C@@H]3C(=O)OC)/C=c3\[n-]/c(c(C)c3CC)=C\2)[C@@H](CCC(=O)OC/C=C(\C)CCC[C@H](C)CCC)[C@@H]1C.[Mg+2]. The molecule has 298 valence electrons. The zero-order valence-corrected chi connectivity index (χ0v) is 36.8. The van der Waals surface area contributed by atoms with Crippen molar-refractivity contribution >= 4 is 70.7 Å². The monoisotopic (exact) mass is 781 g/mol. The first-order valence-corrected chi connectivity index (χ1v) is 20.3. The predicted octanol–water partition coefficient (Wildman–Crippen LogP) is 6.75. The normalized spacial score (nSPS) is 22.3. The smallest absolute Gasteiger partial charge is 0.657 e. The second-order valence-electron chi connectivity index (χ2n) is 15.9. The van der Waals surface area contributed by atoms with Crippen LogP contribution in [0.3, 0.4) is 0 Å². The number of Topliss-reactive ketones (excluding diaryl/α,β-unsaturated/α-hetero) is 1. The minimum atomic E-state index is -1.19. The number of ketones is 1. The Morgan fingerprint density at radius 1 is 0.965 bits per heavy atom. The number of nitrogens with one attached hydrogen (secondary N) is 1. The van der Waals surface area contributed by atoms with E-state index in [1.54, 1.807) is 0 Å². The van der Waals surface area contributed by atoms with Gasteiger partial charge in [0, 0.05) is 35.2 Å². The van der Waals surface area contributed by atoms with E-state index in [0.29, 0.717) is 40.2 Å². The van der Waals surface area contributed by atoms with Crippen LogP contribution in [0.15, 0.2) is 29.6 Å². The molecule has 3 aliphatic rings. The molecule has 8 bridgehead atoms. The van der Waals surface area contributed by atoms with Gasteiger partial charge in [0.15, 0.2) is 5.78 Å². The number of hydrogen-bond donors (Lipinski definition) is 1. The molecular weight excluding hydrogens is 725 g/mol. The van der Waals surface area contributed by atoms with Gasteiger partial charge in [-0.25, -0.2) is 0 Å². The summed E-state index contributed by atoms with van der Waals surface area (Å²) in [5.74, 6) is -2.11. The zero-order valence-electron chi connectivity index (χ0n) is 35.4. The van der Waals surface area contributed by atoms with Crippen molar-refractivity contribution in [2.45, 2.75) is 107 Å². The van der Waals surface area contributed by atoms with Gasteiger partial charge in [-0.05, 0) is 76.5 Å². The molecule has 5 heterocycles. The zero-order chi connectivity index (χ0) is 40.4. The molecule has 10 heteroatoms. The molecule has 0 amide bonds. The van der Waals surface area contributed by atoms with Gasteiger partial charge >= 0.3 is 35.0 Å². The van der Waals surface area contributed by atoms with E-state index in [9.17, 15) is 14.4 Å². The number of hydrogen-bond acceptors (Lipinski definition) is 6. The first-order chi connectivity index (χ1) is 26.8. The molecule has 1 N–H and O–H groups in total. The maximum Gasteiger partial charge on any atom is 2.00 e. The van der Waals surface area contributed by atoms with Crippen LogP contribution in [0.2, 0.25) is 0 Å². The molecule has 2 aliphatic heterocycles. The van der Waals surface area contributed by atoms with Gasteiger partial charge in [0.1, 0.15) is 12.5 Å². The second-order valence-corrected chi connectivity index (χ2v) is 15.9. The van der Waals surface area contributed by atoms with Crippen molar-refractivity contribution < 1.29 is 23.9 Å². The van der Waals surface area contributed by atoms with Gasteiger partial charge in [0.25, 0.3) is 0 Å². The Labute approximate surface area is 353 Å². The van der Waals surface area contributed by atoms with Gasteiger partial charge in [-0.15, -0.1) is 33.5 Å². The summed E-state index contributed by atoms with van der Waals surface area (Å²) in [4.78, 5) is 56.3. The van der Waals surface area contributed by atoms with Crippen LogP contribution in [-0.4, -0.2) is 54.5 Å². The summed E-state index contributed by atoms with van der Waals surface area (Å²) in [7, 11) is 1.30. The van der Waals surface area contributed by atoms with Crippen molar-refractivity contribution in [3.8, 4) is 0 Å². The Morgan fingerprint density at radius 3 is 2.37 bits per heavy atom. The fraction of sp³-hybridized carbons (Fsp3) is 0.468. The molecule has 0 unspecified atom stereocenters. The Hall–Kier alpha value is -4.28. The average molecular weight is 782 g/mol. The molecule has 4 atom stereocenters. The number of aromatic nitrogens is 3. The third kappa shape index (κ3) is 8.63. The van der Waals surface area contributed by atoms with E-state index in [4.69, 9.17) is 24.4 Å². The van der Waals surface area contributed by atoms with Gasteiger partial charge in [-0.2, -0.15) is 0 Å². The molecule has 1 saturated heterocycles. The van der Waals surface area contributed by atoms with E-state index in [1.807, 2.05) is 44.2 Å². The molecule has 3 aromatic heterocycles. The minimum Gasteiger partial charge on any atom is -0.657 e. The van der Waals surface area contributed by atoms with E-state index in [2.05, 4.69) is 53.4 Å². The number of methoxy groups -OCH3 is 1. The minimum absolute atomic E-state index is 0. The fourth-order valence-corrected chi connectivity index (χ4v) is 8.84. The molecule has 0 aromatic carbocycles. The van der Waals surface area contributed by atoms with E-state index in [0.717, 1.165) is 75.2 Å². The molecule has 6 rings (SSSR count). The van der Waals surface area contributed by atoms with Crippen LogP contribution in [0.4, 0.5) is 0 Å². The number of carbonyl (C=O) groups is 3. The number of rotatable bonds is 14. The van der Waals surface area contributed by atoms with Crippen molar-refractivity contribution in [3.63, 3.8) is 0 Å². The van der Waals surface area contributed by atoms with Crippen LogP contribution in [0.1, 0.15) is 141 Å². The standard InChI is InChI=1S/C47H58N4O5.Mg/c1-11-15-25(4)16-14-17-26(5)20-21-56-40(52)19-18-33-29(8)36-22-34-27(6)31(12-2)38(48-34)23-35-28(7)32(13-3)39(49-35)24-37-30(9)41-45(51-37)42(44(33)50-36)43(46(41)53)47(54)55-10;/h12,20,22-25,29,33,43H,2,11,13-19,21H2,1,3-10H3,(H2,50,51,53);/q-2;+2/p-1/b26-20+,35-23-,36-22-,39-24-;/t25-,29+,33+,43-;/m1./s1. The average Bonchev–Trinajstić information content (AvgIpc) is 3.91.